The summed E-state index contributed by atoms with van der Waals surface area (Å²) >= 11 is 0. The van der Waals surface area contributed by atoms with Crippen molar-refractivity contribution in [2.75, 3.05) is 39.9 Å². The molecule has 0 aromatic carbocycles. The van der Waals surface area contributed by atoms with Gasteiger partial charge in [-0.1, -0.05) is 0 Å². The molecular formula is C13H27N3O2. The van der Waals surface area contributed by atoms with Gasteiger partial charge in [0, 0.05) is 32.8 Å². The number of nitrogens with one attached hydrogen (secondary N) is 2. The zero-order valence-corrected chi connectivity index (χ0v) is 11.9. The third-order valence-corrected chi connectivity index (χ3v) is 3.48. The molecule has 18 heavy (non-hydrogen) atoms. The Labute approximate surface area is 110 Å². The summed E-state index contributed by atoms with van der Waals surface area (Å²) in [4.78, 5) is 14.1. The molecule has 0 bridgehead atoms. The van der Waals surface area contributed by atoms with Gasteiger partial charge in [0.2, 0.25) is 5.91 Å². The molecule has 1 fully saturated rings. The maximum absolute atomic E-state index is 11.9. The molecule has 2 N–H and O–H groups in total. The maximum atomic E-state index is 11.9. The van der Waals surface area contributed by atoms with E-state index in [0.717, 1.165) is 19.6 Å². The highest BCUT2D eigenvalue weighted by Gasteiger charge is 2.24. The first kappa shape index (κ1) is 15.4. The summed E-state index contributed by atoms with van der Waals surface area (Å²) in [6.45, 7) is 8.07. The Hall–Kier alpha value is -0.650. The molecule has 1 saturated heterocycles. The quantitative estimate of drug-likeness (QED) is 0.653. The number of carbonyl (C=O) groups excluding carboxylic acids is 1. The lowest BCUT2D eigenvalue weighted by atomic mass is 10.1. The van der Waals surface area contributed by atoms with Crippen LogP contribution in [-0.2, 0) is 9.53 Å². The first-order valence-electron chi connectivity index (χ1n) is 6.93. The third kappa shape index (κ3) is 4.92. The summed E-state index contributed by atoms with van der Waals surface area (Å²) < 4.78 is 5.13. The molecule has 0 saturated carbocycles. The smallest absolute Gasteiger partial charge is 0.237 e. The molecule has 1 rings (SSSR count). The molecule has 2 unspecified atom stereocenters. The van der Waals surface area contributed by atoms with Crippen LogP contribution in [0.2, 0.25) is 0 Å². The summed E-state index contributed by atoms with van der Waals surface area (Å²) in [5.74, 6) is 0.103. The molecule has 2 atom stereocenters. The van der Waals surface area contributed by atoms with E-state index in [1.807, 2.05) is 13.8 Å². The fourth-order valence-corrected chi connectivity index (χ4v) is 2.33. The molecule has 1 heterocycles. The molecule has 0 radical (unpaired) electrons. The third-order valence-electron chi connectivity index (χ3n) is 3.48. The minimum Gasteiger partial charge on any atom is -0.383 e. The fraction of sp³-hybridized carbons (Fsp3) is 0.923. The van der Waals surface area contributed by atoms with E-state index in [4.69, 9.17) is 4.74 Å². The number of nitrogens with zero attached hydrogens (tertiary/aromatic N) is 1. The van der Waals surface area contributed by atoms with Crippen LogP contribution in [0.25, 0.3) is 0 Å². The second kappa shape index (κ2) is 8.45. The first-order chi connectivity index (χ1) is 8.69. The van der Waals surface area contributed by atoms with Gasteiger partial charge >= 0.3 is 0 Å². The highest BCUT2D eigenvalue weighted by molar-refractivity contribution is 5.81. The molecule has 0 aliphatic carbocycles. The molecule has 5 nitrogen and oxygen atoms in total. The number of ether oxygens (including phenoxy) is 1. The molecule has 106 valence electrons. The van der Waals surface area contributed by atoms with Gasteiger partial charge in [0.05, 0.1) is 12.6 Å². The van der Waals surface area contributed by atoms with Crippen molar-refractivity contribution in [3.63, 3.8) is 0 Å². The summed E-state index contributed by atoms with van der Waals surface area (Å²) in [6.07, 6.45) is 2.43. The van der Waals surface area contributed by atoms with Crippen molar-refractivity contribution in [3.8, 4) is 0 Å². The van der Waals surface area contributed by atoms with Crippen molar-refractivity contribution in [1.29, 1.82) is 0 Å². The van der Waals surface area contributed by atoms with Gasteiger partial charge < -0.3 is 15.4 Å². The Morgan fingerprint density at radius 2 is 2.39 bits per heavy atom. The van der Waals surface area contributed by atoms with Crippen molar-refractivity contribution >= 4 is 5.91 Å². The summed E-state index contributed by atoms with van der Waals surface area (Å²) in [7, 11) is 1.70. The topological polar surface area (TPSA) is 53.6 Å². The number of rotatable bonds is 8. The second-order valence-electron chi connectivity index (χ2n) is 4.85. The minimum atomic E-state index is -0.0949. The van der Waals surface area contributed by atoms with Gasteiger partial charge in [0.1, 0.15) is 0 Å². The van der Waals surface area contributed by atoms with Gasteiger partial charge in [-0.25, -0.2) is 0 Å². The highest BCUT2D eigenvalue weighted by atomic mass is 16.5. The van der Waals surface area contributed by atoms with Crippen LogP contribution in [-0.4, -0.2) is 62.8 Å². The monoisotopic (exact) mass is 257 g/mol. The van der Waals surface area contributed by atoms with Crippen LogP contribution in [0.3, 0.4) is 0 Å². The van der Waals surface area contributed by atoms with Crippen LogP contribution >= 0.6 is 0 Å². The van der Waals surface area contributed by atoms with E-state index in [0.29, 0.717) is 19.2 Å². The van der Waals surface area contributed by atoms with Crippen molar-refractivity contribution < 1.29 is 9.53 Å². The van der Waals surface area contributed by atoms with Gasteiger partial charge in [-0.05, 0) is 33.2 Å². The lowest BCUT2D eigenvalue weighted by Gasteiger charge is -2.30. The number of hydrogen-bond acceptors (Lipinski definition) is 4. The zero-order chi connectivity index (χ0) is 13.4. The summed E-state index contributed by atoms with van der Waals surface area (Å²) in [6, 6.07) is 0.418. The van der Waals surface area contributed by atoms with Crippen molar-refractivity contribution in [1.82, 2.24) is 15.5 Å². The van der Waals surface area contributed by atoms with Crippen molar-refractivity contribution in [2.24, 2.45) is 0 Å². The second-order valence-corrected chi connectivity index (χ2v) is 4.85. The fourth-order valence-electron chi connectivity index (χ4n) is 2.33. The lowest BCUT2D eigenvalue weighted by molar-refractivity contribution is -0.126. The van der Waals surface area contributed by atoms with Crippen LogP contribution in [0, 0.1) is 0 Å². The number of carbonyl (C=O) groups is 1. The minimum absolute atomic E-state index is 0.0949. The van der Waals surface area contributed by atoms with E-state index in [9.17, 15) is 4.79 Å². The molecule has 1 aliphatic heterocycles. The van der Waals surface area contributed by atoms with E-state index >= 15 is 0 Å². The molecule has 5 heteroatoms. The van der Waals surface area contributed by atoms with E-state index in [1.165, 1.54) is 12.8 Å². The predicted octanol–water partition coefficient (Wildman–Crippen LogP) is 0.211. The normalized spacial score (nSPS) is 21.2. The number of hydrogen-bond donors (Lipinski definition) is 2. The SMILES string of the molecule is CCNC(=O)C(C)N(CCOC)CC1CCCN1. The standard InChI is InChI=1S/C13H27N3O2/c1-4-14-13(17)11(2)16(8-9-18-3)10-12-6-5-7-15-12/h11-12,15H,4-10H2,1-3H3,(H,14,17). The molecule has 0 aromatic heterocycles. The molecule has 1 aliphatic rings. The Bertz CT molecular complexity index is 242. The Morgan fingerprint density at radius 1 is 1.61 bits per heavy atom. The largest absolute Gasteiger partial charge is 0.383 e. The van der Waals surface area contributed by atoms with E-state index < -0.39 is 0 Å². The molecule has 0 aromatic rings. The Balaban J connectivity index is 2.49. The van der Waals surface area contributed by atoms with Gasteiger partial charge in [0.25, 0.3) is 0 Å². The average molecular weight is 257 g/mol. The van der Waals surface area contributed by atoms with Crippen LogP contribution < -0.4 is 10.6 Å². The number of likely N-dealkylation sites (N-methyl/N-ethyl adjacent to an activating group) is 1. The van der Waals surface area contributed by atoms with Gasteiger partial charge in [-0.15, -0.1) is 0 Å². The maximum Gasteiger partial charge on any atom is 0.237 e. The number of amides is 1. The van der Waals surface area contributed by atoms with E-state index in [1.54, 1.807) is 7.11 Å². The highest BCUT2D eigenvalue weighted by Crippen LogP contribution is 2.09. The van der Waals surface area contributed by atoms with Gasteiger partial charge in [-0.2, -0.15) is 0 Å². The van der Waals surface area contributed by atoms with Crippen molar-refractivity contribution in [3.05, 3.63) is 0 Å². The van der Waals surface area contributed by atoms with E-state index in [-0.39, 0.29) is 11.9 Å². The molecular weight excluding hydrogens is 230 g/mol. The first-order valence-corrected chi connectivity index (χ1v) is 6.93. The van der Waals surface area contributed by atoms with Crippen LogP contribution in [0.15, 0.2) is 0 Å². The summed E-state index contributed by atoms with van der Waals surface area (Å²) in [5, 5.41) is 6.36. The van der Waals surface area contributed by atoms with Crippen LogP contribution in [0.5, 0.6) is 0 Å². The van der Waals surface area contributed by atoms with Gasteiger partial charge in [-0.3, -0.25) is 9.69 Å². The van der Waals surface area contributed by atoms with Gasteiger partial charge in [0.15, 0.2) is 0 Å². The zero-order valence-electron chi connectivity index (χ0n) is 11.9. The van der Waals surface area contributed by atoms with Crippen molar-refractivity contribution in [2.45, 2.75) is 38.8 Å². The van der Waals surface area contributed by atoms with Crippen LogP contribution in [0.4, 0.5) is 0 Å². The molecule has 0 spiro atoms. The Morgan fingerprint density at radius 3 is 2.94 bits per heavy atom. The summed E-state index contributed by atoms with van der Waals surface area (Å²) in [5.41, 5.74) is 0. The average Bonchev–Trinajstić information content (AvgIpc) is 2.86. The lowest BCUT2D eigenvalue weighted by Crippen LogP contribution is -2.50. The van der Waals surface area contributed by atoms with Crippen LogP contribution in [0.1, 0.15) is 26.7 Å². The molecule has 1 amide bonds. The Kier molecular flexibility index (Phi) is 7.23. The number of methoxy groups -OCH3 is 1. The predicted molar refractivity (Wildman–Crippen MR) is 72.6 cm³/mol. The van der Waals surface area contributed by atoms with E-state index in [2.05, 4.69) is 15.5 Å².